The van der Waals surface area contributed by atoms with Crippen molar-refractivity contribution in [2.75, 3.05) is 24.5 Å². The van der Waals surface area contributed by atoms with Gasteiger partial charge < -0.3 is 24.8 Å². The highest BCUT2D eigenvalue weighted by Crippen LogP contribution is 2.34. The van der Waals surface area contributed by atoms with Crippen LogP contribution in [0.1, 0.15) is 10.5 Å². The Kier molecular flexibility index (Phi) is 4.86. The van der Waals surface area contributed by atoms with Gasteiger partial charge in [0.15, 0.2) is 11.5 Å². The number of amides is 1. The van der Waals surface area contributed by atoms with Crippen molar-refractivity contribution in [3.63, 3.8) is 0 Å². The average Bonchev–Trinajstić information content (AvgIpc) is 3.16. The first-order valence-corrected chi connectivity index (χ1v) is 8.64. The number of methoxy groups -OCH3 is 1. The largest absolute Gasteiger partial charge is 0.495 e. The number of halogens is 1. The monoisotopic (exact) mass is 398 g/mol. The molecule has 0 spiro atoms. The lowest BCUT2D eigenvalue weighted by Gasteiger charge is -2.09. The molecular formula is C19H15ClN4O4. The van der Waals surface area contributed by atoms with Crippen LogP contribution in [0.15, 0.2) is 48.8 Å². The first-order valence-electron chi connectivity index (χ1n) is 8.26. The van der Waals surface area contributed by atoms with E-state index >= 15 is 0 Å². The zero-order valence-electron chi connectivity index (χ0n) is 14.7. The van der Waals surface area contributed by atoms with Crippen LogP contribution in [-0.2, 0) is 0 Å². The molecule has 2 heterocycles. The molecule has 1 amide bonds. The molecule has 28 heavy (non-hydrogen) atoms. The zero-order valence-corrected chi connectivity index (χ0v) is 15.5. The maximum atomic E-state index is 12.5. The number of anilines is 3. The van der Waals surface area contributed by atoms with E-state index in [1.165, 1.54) is 6.33 Å². The molecule has 0 radical (unpaired) electrons. The number of carbonyl (C=O) groups excluding carboxylic acids is 1. The van der Waals surface area contributed by atoms with Crippen molar-refractivity contribution in [3.05, 3.63) is 59.5 Å². The number of benzene rings is 2. The number of nitrogens with zero attached hydrogens (tertiary/aromatic N) is 2. The number of rotatable bonds is 5. The average molecular weight is 399 g/mol. The summed E-state index contributed by atoms with van der Waals surface area (Å²) in [5.74, 6) is 1.87. The lowest BCUT2D eigenvalue weighted by atomic mass is 10.2. The summed E-state index contributed by atoms with van der Waals surface area (Å²) < 4.78 is 15.7. The molecular weight excluding hydrogens is 384 g/mol. The normalized spacial score (nSPS) is 11.8. The van der Waals surface area contributed by atoms with Crippen LogP contribution >= 0.6 is 11.6 Å². The Morgan fingerprint density at radius 3 is 2.71 bits per heavy atom. The number of nitrogens with one attached hydrogen (secondary N) is 2. The smallest absolute Gasteiger partial charge is 0.274 e. The van der Waals surface area contributed by atoms with Gasteiger partial charge in [0.05, 0.1) is 12.1 Å². The van der Waals surface area contributed by atoms with Crippen molar-refractivity contribution in [1.82, 2.24) is 9.97 Å². The highest BCUT2D eigenvalue weighted by atomic mass is 35.5. The Bertz CT molecular complexity index is 1040. The minimum atomic E-state index is -0.378. The Morgan fingerprint density at radius 1 is 1.07 bits per heavy atom. The van der Waals surface area contributed by atoms with E-state index in [9.17, 15) is 4.79 Å². The van der Waals surface area contributed by atoms with Gasteiger partial charge in [-0.1, -0.05) is 11.6 Å². The van der Waals surface area contributed by atoms with Gasteiger partial charge >= 0.3 is 0 Å². The van der Waals surface area contributed by atoms with Crippen molar-refractivity contribution in [3.8, 4) is 17.2 Å². The van der Waals surface area contributed by atoms with Crippen LogP contribution in [0, 0.1) is 0 Å². The summed E-state index contributed by atoms with van der Waals surface area (Å²) in [5.41, 5.74) is 1.48. The van der Waals surface area contributed by atoms with Crippen LogP contribution in [0.3, 0.4) is 0 Å². The molecule has 4 rings (SSSR count). The quantitative estimate of drug-likeness (QED) is 0.673. The maximum Gasteiger partial charge on any atom is 0.274 e. The molecule has 0 unspecified atom stereocenters. The second-order valence-electron chi connectivity index (χ2n) is 5.78. The van der Waals surface area contributed by atoms with Crippen LogP contribution in [-0.4, -0.2) is 29.8 Å². The zero-order chi connectivity index (χ0) is 19.5. The molecule has 0 saturated carbocycles. The van der Waals surface area contributed by atoms with E-state index in [2.05, 4.69) is 20.6 Å². The number of hydrogen-bond acceptors (Lipinski definition) is 7. The summed E-state index contributed by atoms with van der Waals surface area (Å²) in [5, 5.41) is 6.32. The predicted molar refractivity (Wildman–Crippen MR) is 104 cm³/mol. The minimum absolute atomic E-state index is 0.170. The van der Waals surface area contributed by atoms with Gasteiger partial charge in [0.25, 0.3) is 5.91 Å². The van der Waals surface area contributed by atoms with Crippen LogP contribution < -0.4 is 24.8 Å². The first-order chi connectivity index (χ1) is 13.6. The van der Waals surface area contributed by atoms with Gasteiger partial charge in [-0.15, -0.1) is 0 Å². The van der Waals surface area contributed by atoms with Gasteiger partial charge in [-0.3, -0.25) is 4.79 Å². The lowest BCUT2D eigenvalue weighted by Crippen LogP contribution is -2.14. The Balaban J connectivity index is 1.48. The molecule has 2 aromatic carbocycles. The van der Waals surface area contributed by atoms with Gasteiger partial charge in [0, 0.05) is 23.5 Å². The molecule has 1 aliphatic rings. The second kappa shape index (κ2) is 7.61. The number of hydrogen-bond donors (Lipinski definition) is 2. The van der Waals surface area contributed by atoms with Crippen LogP contribution in [0.4, 0.5) is 17.2 Å². The molecule has 0 atom stereocenters. The third-order valence-electron chi connectivity index (χ3n) is 3.95. The third-order valence-corrected chi connectivity index (χ3v) is 4.25. The van der Waals surface area contributed by atoms with Crippen LogP contribution in [0.5, 0.6) is 17.2 Å². The highest BCUT2D eigenvalue weighted by Gasteiger charge is 2.15. The van der Waals surface area contributed by atoms with Gasteiger partial charge in [-0.25, -0.2) is 9.97 Å². The molecule has 0 fully saturated rings. The standard InChI is InChI=1S/C19H15ClN4O4/c1-26-15-4-2-11(6-13(15)20)23-18-8-14(21-9-22-18)19(25)24-12-3-5-16-17(7-12)28-10-27-16/h2-9H,10H2,1H3,(H,24,25)(H,21,22,23). The molecule has 3 aromatic rings. The Morgan fingerprint density at radius 2 is 1.89 bits per heavy atom. The van der Waals surface area contributed by atoms with Crippen molar-refractivity contribution in [2.45, 2.75) is 0 Å². The number of ether oxygens (including phenoxy) is 3. The molecule has 142 valence electrons. The number of fused-ring (bicyclic) bond motifs is 1. The van der Waals surface area contributed by atoms with E-state index in [4.69, 9.17) is 25.8 Å². The molecule has 1 aromatic heterocycles. The van der Waals surface area contributed by atoms with E-state index in [1.807, 2.05) is 0 Å². The number of aromatic nitrogens is 2. The topological polar surface area (TPSA) is 94.6 Å². The Hall–Kier alpha value is -3.52. The van der Waals surface area contributed by atoms with E-state index < -0.39 is 0 Å². The summed E-state index contributed by atoms with van der Waals surface area (Å²) in [6, 6.07) is 11.9. The molecule has 0 aliphatic carbocycles. The molecule has 1 aliphatic heterocycles. The fourth-order valence-corrected chi connectivity index (χ4v) is 2.87. The molecule has 0 saturated heterocycles. The predicted octanol–water partition coefficient (Wildman–Crippen LogP) is 3.86. The summed E-state index contributed by atoms with van der Waals surface area (Å²) in [4.78, 5) is 20.7. The number of carbonyl (C=O) groups is 1. The Labute approximate surface area is 165 Å². The van der Waals surface area contributed by atoms with Gasteiger partial charge in [-0.05, 0) is 30.3 Å². The molecule has 0 bridgehead atoms. The molecule has 8 nitrogen and oxygen atoms in total. The summed E-state index contributed by atoms with van der Waals surface area (Å²) in [6.07, 6.45) is 1.31. The van der Waals surface area contributed by atoms with Gasteiger partial charge in [0.1, 0.15) is 23.6 Å². The minimum Gasteiger partial charge on any atom is -0.495 e. The molecule has 9 heteroatoms. The fourth-order valence-electron chi connectivity index (χ4n) is 2.61. The van der Waals surface area contributed by atoms with Crippen molar-refractivity contribution in [1.29, 1.82) is 0 Å². The van der Waals surface area contributed by atoms with Crippen LogP contribution in [0.25, 0.3) is 0 Å². The van der Waals surface area contributed by atoms with Crippen LogP contribution in [0.2, 0.25) is 5.02 Å². The van der Waals surface area contributed by atoms with Crippen molar-refractivity contribution < 1.29 is 19.0 Å². The highest BCUT2D eigenvalue weighted by molar-refractivity contribution is 6.32. The van der Waals surface area contributed by atoms with E-state index in [0.717, 1.165) is 0 Å². The maximum absolute atomic E-state index is 12.5. The summed E-state index contributed by atoms with van der Waals surface area (Å²) >= 11 is 6.13. The fraction of sp³-hybridized carbons (Fsp3) is 0.105. The SMILES string of the molecule is COc1ccc(Nc2cc(C(=O)Nc3ccc4c(c3)OCO4)ncn2)cc1Cl. The van der Waals surface area contributed by atoms with E-state index in [0.29, 0.717) is 39.5 Å². The summed E-state index contributed by atoms with van der Waals surface area (Å²) in [6.45, 7) is 0.170. The van der Waals surface area contributed by atoms with E-state index in [-0.39, 0.29) is 18.4 Å². The van der Waals surface area contributed by atoms with Gasteiger partial charge in [-0.2, -0.15) is 0 Å². The molecule has 2 N–H and O–H groups in total. The van der Waals surface area contributed by atoms with Gasteiger partial charge in [0.2, 0.25) is 6.79 Å². The summed E-state index contributed by atoms with van der Waals surface area (Å²) in [7, 11) is 1.55. The van der Waals surface area contributed by atoms with E-state index in [1.54, 1.807) is 49.6 Å². The third kappa shape index (κ3) is 3.77. The van der Waals surface area contributed by atoms with Crippen molar-refractivity contribution in [2.24, 2.45) is 0 Å². The van der Waals surface area contributed by atoms with Crippen molar-refractivity contribution >= 4 is 34.7 Å². The first kappa shape index (κ1) is 17.9. The lowest BCUT2D eigenvalue weighted by molar-refractivity contribution is 0.102. The second-order valence-corrected chi connectivity index (χ2v) is 6.19.